The van der Waals surface area contributed by atoms with Crippen LogP contribution in [0.3, 0.4) is 0 Å². The van der Waals surface area contributed by atoms with E-state index in [9.17, 15) is 22.4 Å². The molecule has 1 fully saturated rings. The van der Waals surface area contributed by atoms with E-state index in [2.05, 4.69) is 30.6 Å². The summed E-state index contributed by atoms with van der Waals surface area (Å²) in [4.78, 5) is 10.1. The number of nitrogens with one attached hydrogen (secondary N) is 2. The van der Waals surface area contributed by atoms with Gasteiger partial charge in [0.15, 0.2) is 0 Å². The Morgan fingerprint density at radius 2 is 1.69 bits per heavy atom. The van der Waals surface area contributed by atoms with Crippen LogP contribution in [0.2, 0.25) is 0 Å². The Labute approximate surface area is 228 Å². The lowest BCUT2D eigenvalue weighted by atomic mass is 9.56. The van der Waals surface area contributed by atoms with E-state index in [1.54, 1.807) is 12.1 Å². The van der Waals surface area contributed by atoms with Gasteiger partial charge in [-0.3, -0.25) is 4.79 Å². The van der Waals surface area contributed by atoms with Gasteiger partial charge in [-0.15, -0.1) is 0 Å². The molecule has 3 aliphatic carbocycles. The number of alkyl halides is 3. The number of anilines is 2. The van der Waals surface area contributed by atoms with E-state index in [0.717, 1.165) is 36.3 Å². The zero-order valence-corrected chi connectivity index (χ0v) is 22.9. The molecule has 3 aliphatic rings. The molecule has 1 saturated carbocycles. The predicted octanol–water partition coefficient (Wildman–Crippen LogP) is 9.03. The second-order valence-corrected chi connectivity index (χ2v) is 11.2. The molecule has 0 radical (unpaired) electrons. The zero-order chi connectivity index (χ0) is 28.4. The molecule has 3 nitrogen and oxygen atoms in total. The number of carbonyl (C=O) groups is 1. The molecule has 0 saturated heterocycles. The molecule has 1 amide bonds. The summed E-state index contributed by atoms with van der Waals surface area (Å²) in [5.41, 5.74) is 8.60. The van der Waals surface area contributed by atoms with Crippen LogP contribution in [0.15, 0.2) is 77.0 Å². The van der Waals surface area contributed by atoms with Crippen LogP contribution in [-0.4, -0.2) is 12.6 Å². The molecule has 0 aromatic heterocycles. The fraction of sp³-hybridized carbons (Fsp3) is 0.406. The maximum atomic E-state index is 13.2. The van der Waals surface area contributed by atoms with E-state index in [0.29, 0.717) is 6.41 Å². The smallest absolute Gasteiger partial charge is 0.356 e. The minimum Gasteiger partial charge on any atom is -0.356 e. The second kappa shape index (κ2) is 11.4. The zero-order valence-electron chi connectivity index (χ0n) is 22.9. The molecule has 0 bridgehead atoms. The number of rotatable bonds is 4. The molecule has 2 unspecified atom stereocenters. The van der Waals surface area contributed by atoms with Gasteiger partial charge in [0.2, 0.25) is 6.41 Å². The lowest BCUT2D eigenvalue weighted by Gasteiger charge is -2.48. The maximum Gasteiger partial charge on any atom is 0.392 e. The van der Waals surface area contributed by atoms with Gasteiger partial charge in [-0.25, -0.2) is 4.39 Å². The standard InChI is InChI=1S/C23H25F4N.C9H11NO/c1-14-13-22(2)16(12-21(14)28-19-8-6-18(24)7-9-19)4-3-15-11-17(23(25,26)27)5-10-20(15)22;1-7-3-4-9(10-6-11)5-8(7)2/h6-10,12,15,17,28H,3-5,11,13H2,1-2H3;3-6H,1-2H3,(H,10,11)/t15?,17-,22?;/m1./s1. The quantitative estimate of drug-likeness (QED) is 0.231. The van der Waals surface area contributed by atoms with Crippen molar-refractivity contribution in [2.24, 2.45) is 17.3 Å². The molecule has 208 valence electrons. The third-order valence-electron chi connectivity index (χ3n) is 8.45. The van der Waals surface area contributed by atoms with Gasteiger partial charge in [0.25, 0.3) is 0 Å². The Kier molecular flexibility index (Phi) is 8.38. The molecular weight excluding hydrogens is 504 g/mol. The van der Waals surface area contributed by atoms with Crippen molar-refractivity contribution in [1.29, 1.82) is 0 Å². The summed E-state index contributed by atoms with van der Waals surface area (Å²) in [5.74, 6) is -1.45. The van der Waals surface area contributed by atoms with Gasteiger partial charge in [0.05, 0.1) is 5.92 Å². The lowest BCUT2D eigenvalue weighted by molar-refractivity contribution is -0.179. The number of hydrogen-bond donors (Lipinski definition) is 2. The minimum absolute atomic E-state index is 0.0296. The normalized spacial score (nSPS) is 24.3. The van der Waals surface area contributed by atoms with Crippen molar-refractivity contribution in [3.63, 3.8) is 0 Å². The first kappa shape index (κ1) is 28.7. The number of allylic oxidation sites excluding steroid dienone is 5. The number of aryl methyl sites for hydroxylation is 2. The number of fused-ring (bicyclic) bond motifs is 3. The summed E-state index contributed by atoms with van der Waals surface area (Å²) in [6.07, 6.45) is 3.36. The van der Waals surface area contributed by atoms with Crippen LogP contribution in [0.5, 0.6) is 0 Å². The molecule has 0 spiro atoms. The Morgan fingerprint density at radius 1 is 1.00 bits per heavy atom. The number of carbonyl (C=O) groups excluding carboxylic acids is 1. The molecule has 2 N–H and O–H groups in total. The second-order valence-electron chi connectivity index (χ2n) is 11.2. The number of halogens is 4. The predicted molar refractivity (Wildman–Crippen MR) is 149 cm³/mol. The van der Waals surface area contributed by atoms with Gasteiger partial charge in [0, 0.05) is 22.5 Å². The van der Waals surface area contributed by atoms with E-state index >= 15 is 0 Å². The van der Waals surface area contributed by atoms with Crippen molar-refractivity contribution >= 4 is 17.8 Å². The van der Waals surface area contributed by atoms with E-state index in [4.69, 9.17) is 0 Å². The molecule has 2 aromatic carbocycles. The van der Waals surface area contributed by atoms with Crippen LogP contribution in [0, 0.1) is 36.9 Å². The maximum absolute atomic E-state index is 13.2. The van der Waals surface area contributed by atoms with Crippen LogP contribution >= 0.6 is 0 Å². The van der Waals surface area contributed by atoms with Crippen LogP contribution in [0.4, 0.5) is 28.9 Å². The third-order valence-corrected chi connectivity index (χ3v) is 8.45. The average Bonchev–Trinajstić information content (AvgIpc) is 2.88. The Hall–Kier alpha value is -3.35. The van der Waals surface area contributed by atoms with Crippen LogP contribution in [-0.2, 0) is 4.79 Å². The highest BCUT2D eigenvalue weighted by Gasteiger charge is 2.48. The van der Waals surface area contributed by atoms with Crippen molar-refractivity contribution in [2.75, 3.05) is 10.6 Å². The molecule has 7 heteroatoms. The summed E-state index contributed by atoms with van der Waals surface area (Å²) >= 11 is 0. The fourth-order valence-corrected chi connectivity index (χ4v) is 6.11. The van der Waals surface area contributed by atoms with Crippen molar-refractivity contribution in [3.8, 4) is 0 Å². The van der Waals surface area contributed by atoms with Crippen molar-refractivity contribution in [2.45, 2.75) is 66.0 Å². The first-order chi connectivity index (χ1) is 18.4. The molecular formula is C32H36F4N2O. The van der Waals surface area contributed by atoms with Crippen LogP contribution < -0.4 is 10.6 Å². The lowest BCUT2D eigenvalue weighted by Crippen LogP contribution is -2.39. The summed E-state index contributed by atoms with van der Waals surface area (Å²) < 4.78 is 52.7. The summed E-state index contributed by atoms with van der Waals surface area (Å²) in [6.45, 7) is 8.31. The minimum atomic E-state index is -4.10. The molecule has 3 atom stereocenters. The van der Waals surface area contributed by atoms with Crippen molar-refractivity contribution in [1.82, 2.24) is 0 Å². The highest BCUT2D eigenvalue weighted by atomic mass is 19.4. The van der Waals surface area contributed by atoms with Gasteiger partial charge in [0.1, 0.15) is 5.82 Å². The van der Waals surface area contributed by atoms with Gasteiger partial charge in [-0.05, 0) is 118 Å². The summed E-state index contributed by atoms with van der Waals surface area (Å²) in [5, 5.41) is 5.97. The van der Waals surface area contributed by atoms with Gasteiger partial charge in [-0.2, -0.15) is 13.2 Å². The van der Waals surface area contributed by atoms with Crippen LogP contribution in [0.25, 0.3) is 0 Å². The topological polar surface area (TPSA) is 41.1 Å². The van der Waals surface area contributed by atoms with E-state index in [1.165, 1.54) is 40.0 Å². The van der Waals surface area contributed by atoms with E-state index in [1.807, 2.05) is 38.1 Å². The molecule has 39 heavy (non-hydrogen) atoms. The number of hydrogen-bond acceptors (Lipinski definition) is 2. The fourth-order valence-electron chi connectivity index (χ4n) is 6.11. The first-order valence-corrected chi connectivity index (χ1v) is 13.4. The Morgan fingerprint density at radius 3 is 2.33 bits per heavy atom. The van der Waals surface area contributed by atoms with Crippen molar-refractivity contribution in [3.05, 3.63) is 94.0 Å². The summed E-state index contributed by atoms with van der Waals surface area (Å²) in [6, 6.07) is 12.1. The van der Waals surface area contributed by atoms with Crippen LogP contribution in [0.1, 0.15) is 57.1 Å². The Bertz CT molecular complexity index is 1310. The Balaban J connectivity index is 0.000000270. The largest absolute Gasteiger partial charge is 0.392 e. The van der Waals surface area contributed by atoms with Gasteiger partial charge >= 0.3 is 6.18 Å². The number of amides is 1. The molecule has 0 heterocycles. The van der Waals surface area contributed by atoms with Crippen molar-refractivity contribution < 1.29 is 22.4 Å². The number of benzene rings is 2. The SMILES string of the molecule is CC1=C(Nc2ccc(F)cc2)C=C2CCC3C[C@H](C(F)(F)F)CC=C3C2(C)C1.Cc1ccc(NC=O)cc1C. The molecule has 5 rings (SSSR count). The third kappa shape index (κ3) is 6.45. The molecule has 0 aliphatic heterocycles. The van der Waals surface area contributed by atoms with Gasteiger partial charge in [-0.1, -0.05) is 30.2 Å². The highest BCUT2D eigenvalue weighted by molar-refractivity contribution is 5.71. The van der Waals surface area contributed by atoms with E-state index in [-0.39, 0.29) is 30.0 Å². The molecule has 2 aromatic rings. The van der Waals surface area contributed by atoms with E-state index < -0.39 is 12.1 Å². The first-order valence-electron chi connectivity index (χ1n) is 13.4. The van der Waals surface area contributed by atoms with Gasteiger partial charge < -0.3 is 10.6 Å². The summed E-state index contributed by atoms with van der Waals surface area (Å²) in [7, 11) is 0. The highest BCUT2D eigenvalue weighted by Crippen LogP contribution is 2.57. The average molecular weight is 541 g/mol. The monoisotopic (exact) mass is 540 g/mol.